The van der Waals surface area contributed by atoms with Gasteiger partial charge in [0.25, 0.3) is 5.91 Å². The molecule has 0 aliphatic rings. The number of hydrogen-bond acceptors (Lipinski definition) is 4. The molecule has 2 amide bonds. The van der Waals surface area contributed by atoms with Gasteiger partial charge in [0.1, 0.15) is 10.4 Å². The SMILES string of the molecule is CC(C)NC(=O)OCC(=O)Nc1cccc(Br)n1. The summed E-state index contributed by atoms with van der Waals surface area (Å²) in [4.78, 5) is 26.6. The molecule has 1 heterocycles. The summed E-state index contributed by atoms with van der Waals surface area (Å²) in [5.41, 5.74) is 0. The average molecular weight is 316 g/mol. The Morgan fingerprint density at radius 1 is 1.44 bits per heavy atom. The number of rotatable bonds is 4. The molecule has 1 aromatic heterocycles. The maximum atomic E-state index is 11.4. The van der Waals surface area contributed by atoms with E-state index in [4.69, 9.17) is 4.74 Å². The Labute approximate surface area is 113 Å². The molecule has 0 fully saturated rings. The Bertz CT molecular complexity index is 437. The molecule has 0 spiro atoms. The van der Waals surface area contributed by atoms with Crippen molar-refractivity contribution in [3.63, 3.8) is 0 Å². The van der Waals surface area contributed by atoms with Gasteiger partial charge < -0.3 is 15.4 Å². The van der Waals surface area contributed by atoms with Gasteiger partial charge >= 0.3 is 6.09 Å². The van der Waals surface area contributed by atoms with Crippen LogP contribution in [0.25, 0.3) is 0 Å². The first-order valence-corrected chi connectivity index (χ1v) is 6.12. The van der Waals surface area contributed by atoms with Crippen LogP contribution in [0.5, 0.6) is 0 Å². The Morgan fingerprint density at radius 2 is 2.17 bits per heavy atom. The predicted octanol–water partition coefficient (Wildman–Crippen LogP) is 1.92. The maximum absolute atomic E-state index is 11.4. The lowest BCUT2D eigenvalue weighted by atomic mass is 10.4. The quantitative estimate of drug-likeness (QED) is 0.832. The highest BCUT2D eigenvalue weighted by Crippen LogP contribution is 2.09. The van der Waals surface area contributed by atoms with E-state index in [1.807, 2.05) is 0 Å². The standard InChI is InChI=1S/C11H14BrN3O3/c1-7(2)13-11(17)18-6-10(16)15-9-5-3-4-8(12)14-9/h3-5,7H,6H2,1-2H3,(H,13,17)(H,14,15,16). The van der Waals surface area contributed by atoms with Crippen molar-refractivity contribution in [1.82, 2.24) is 10.3 Å². The molecule has 18 heavy (non-hydrogen) atoms. The minimum absolute atomic E-state index is 0.0349. The number of carbonyl (C=O) groups is 2. The lowest BCUT2D eigenvalue weighted by Gasteiger charge is -2.09. The Hall–Kier alpha value is -1.63. The predicted molar refractivity (Wildman–Crippen MR) is 70.2 cm³/mol. The Morgan fingerprint density at radius 3 is 2.78 bits per heavy atom. The van der Waals surface area contributed by atoms with Crippen LogP contribution in [0.15, 0.2) is 22.8 Å². The van der Waals surface area contributed by atoms with Crippen molar-refractivity contribution in [2.75, 3.05) is 11.9 Å². The van der Waals surface area contributed by atoms with Crippen molar-refractivity contribution >= 4 is 33.7 Å². The molecule has 0 aliphatic carbocycles. The number of pyridine rings is 1. The van der Waals surface area contributed by atoms with Gasteiger partial charge in [0.05, 0.1) is 0 Å². The molecule has 0 unspecified atom stereocenters. The molecule has 0 radical (unpaired) electrons. The van der Waals surface area contributed by atoms with Gasteiger partial charge in [-0.05, 0) is 41.9 Å². The van der Waals surface area contributed by atoms with Gasteiger partial charge in [0.2, 0.25) is 0 Å². The van der Waals surface area contributed by atoms with Crippen LogP contribution in [0.3, 0.4) is 0 Å². The summed E-state index contributed by atoms with van der Waals surface area (Å²) in [6.07, 6.45) is -0.623. The molecular formula is C11H14BrN3O3. The van der Waals surface area contributed by atoms with Gasteiger partial charge in [0.15, 0.2) is 6.61 Å². The summed E-state index contributed by atoms with van der Waals surface area (Å²) < 4.78 is 5.33. The lowest BCUT2D eigenvalue weighted by Crippen LogP contribution is -2.33. The van der Waals surface area contributed by atoms with Gasteiger partial charge in [-0.3, -0.25) is 4.79 Å². The van der Waals surface area contributed by atoms with E-state index in [2.05, 4.69) is 31.5 Å². The molecule has 2 N–H and O–H groups in total. The minimum atomic E-state index is -0.623. The largest absolute Gasteiger partial charge is 0.439 e. The van der Waals surface area contributed by atoms with Crippen LogP contribution >= 0.6 is 15.9 Å². The third-order valence-corrected chi connectivity index (χ3v) is 2.17. The number of aromatic nitrogens is 1. The van der Waals surface area contributed by atoms with Crippen LogP contribution in [0, 0.1) is 0 Å². The van der Waals surface area contributed by atoms with Crippen LogP contribution in [-0.2, 0) is 9.53 Å². The summed E-state index contributed by atoms with van der Waals surface area (Å²) in [7, 11) is 0. The van der Waals surface area contributed by atoms with Crippen LogP contribution in [0.4, 0.5) is 10.6 Å². The molecule has 0 aliphatic heterocycles. The number of halogens is 1. The first-order valence-electron chi connectivity index (χ1n) is 5.33. The van der Waals surface area contributed by atoms with E-state index in [1.54, 1.807) is 32.0 Å². The average Bonchev–Trinajstić information content (AvgIpc) is 2.25. The third-order valence-electron chi connectivity index (χ3n) is 1.72. The zero-order valence-electron chi connectivity index (χ0n) is 10.1. The van der Waals surface area contributed by atoms with Crippen LogP contribution in [0.1, 0.15) is 13.8 Å². The maximum Gasteiger partial charge on any atom is 0.407 e. The monoisotopic (exact) mass is 315 g/mol. The normalized spacial score (nSPS) is 10.0. The van der Waals surface area contributed by atoms with Crippen molar-refractivity contribution in [1.29, 1.82) is 0 Å². The smallest absolute Gasteiger partial charge is 0.407 e. The number of nitrogens with zero attached hydrogens (tertiary/aromatic N) is 1. The summed E-state index contributed by atoms with van der Waals surface area (Å²) in [5.74, 6) is -0.0539. The second-order valence-electron chi connectivity index (χ2n) is 3.77. The molecular weight excluding hydrogens is 302 g/mol. The van der Waals surface area contributed by atoms with Gasteiger partial charge in [-0.25, -0.2) is 9.78 Å². The first kappa shape index (κ1) is 14.4. The van der Waals surface area contributed by atoms with Crippen molar-refractivity contribution in [3.8, 4) is 0 Å². The summed E-state index contributed by atoms with van der Waals surface area (Å²) in [6.45, 7) is 3.24. The van der Waals surface area contributed by atoms with Gasteiger partial charge in [0, 0.05) is 6.04 Å². The van der Waals surface area contributed by atoms with E-state index in [0.717, 1.165) is 0 Å². The number of nitrogens with one attached hydrogen (secondary N) is 2. The van der Waals surface area contributed by atoms with Crippen molar-refractivity contribution < 1.29 is 14.3 Å². The van der Waals surface area contributed by atoms with Crippen molar-refractivity contribution in [2.24, 2.45) is 0 Å². The Balaban J connectivity index is 2.36. The first-order chi connectivity index (χ1) is 8.47. The highest BCUT2D eigenvalue weighted by Gasteiger charge is 2.08. The number of alkyl carbamates (subject to hydrolysis) is 1. The molecule has 0 atom stereocenters. The third kappa shape index (κ3) is 5.62. The van der Waals surface area contributed by atoms with Crippen LogP contribution in [0.2, 0.25) is 0 Å². The molecule has 1 rings (SSSR count). The molecule has 0 saturated heterocycles. The summed E-state index contributed by atoms with van der Waals surface area (Å²) in [5, 5.41) is 5.01. The fourth-order valence-corrected chi connectivity index (χ4v) is 1.41. The number of hydrogen-bond donors (Lipinski definition) is 2. The second kappa shape index (κ2) is 6.95. The van der Waals surface area contributed by atoms with Crippen molar-refractivity contribution in [3.05, 3.63) is 22.8 Å². The van der Waals surface area contributed by atoms with Gasteiger partial charge in [-0.1, -0.05) is 6.07 Å². The van der Waals surface area contributed by atoms with Gasteiger partial charge in [-0.15, -0.1) is 0 Å². The van der Waals surface area contributed by atoms with E-state index in [9.17, 15) is 9.59 Å². The fourth-order valence-electron chi connectivity index (χ4n) is 1.07. The lowest BCUT2D eigenvalue weighted by molar-refractivity contribution is -0.119. The highest BCUT2D eigenvalue weighted by molar-refractivity contribution is 9.10. The molecule has 0 aromatic carbocycles. The molecule has 98 valence electrons. The van der Waals surface area contributed by atoms with Crippen molar-refractivity contribution in [2.45, 2.75) is 19.9 Å². The van der Waals surface area contributed by atoms with Crippen LogP contribution < -0.4 is 10.6 Å². The number of carbonyl (C=O) groups excluding carboxylic acids is 2. The number of anilines is 1. The van der Waals surface area contributed by atoms with Crippen LogP contribution in [-0.4, -0.2) is 29.6 Å². The topological polar surface area (TPSA) is 80.3 Å². The molecule has 0 saturated carbocycles. The van der Waals surface area contributed by atoms with E-state index in [-0.39, 0.29) is 12.6 Å². The van der Waals surface area contributed by atoms with Gasteiger partial charge in [-0.2, -0.15) is 0 Å². The minimum Gasteiger partial charge on any atom is -0.439 e. The Kier molecular flexibility index (Phi) is 5.57. The molecule has 6 nitrogen and oxygen atoms in total. The summed E-state index contributed by atoms with van der Waals surface area (Å²) >= 11 is 3.18. The van der Waals surface area contributed by atoms with E-state index in [0.29, 0.717) is 10.4 Å². The number of ether oxygens (including phenoxy) is 1. The number of amides is 2. The van der Waals surface area contributed by atoms with E-state index >= 15 is 0 Å². The summed E-state index contributed by atoms with van der Waals surface area (Å²) in [6, 6.07) is 5.07. The van der Waals surface area contributed by atoms with E-state index < -0.39 is 12.0 Å². The zero-order chi connectivity index (χ0) is 13.5. The molecule has 7 heteroatoms. The zero-order valence-corrected chi connectivity index (χ0v) is 11.7. The highest BCUT2D eigenvalue weighted by atomic mass is 79.9. The fraction of sp³-hybridized carbons (Fsp3) is 0.364. The molecule has 1 aromatic rings. The van der Waals surface area contributed by atoms with E-state index in [1.165, 1.54) is 0 Å². The molecule has 0 bridgehead atoms. The second-order valence-corrected chi connectivity index (χ2v) is 4.58.